The van der Waals surface area contributed by atoms with Crippen LogP contribution in [0.25, 0.3) is 0 Å². The van der Waals surface area contributed by atoms with Crippen LogP contribution in [0.2, 0.25) is 0 Å². The summed E-state index contributed by atoms with van der Waals surface area (Å²) in [4.78, 5) is 22.1. The van der Waals surface area contributed by atoms with E-state index in [0.717, 1.165) is 12.8 Å². The van der Waals surface area contributed by atoms with Crippen LogP contribution in [0.5, 0.6) is 0 Å². The fourth-order valence-electron chi connectivity index (χ4n) is 0.925. The molecule has 0 aliphatic heterocycles. The fourth-order valence-corrected chi connectivity index (χ4v) is 0.925. The van der Waals surface area contributed by atoms with Crippen LogP contribution < -0.4 is 5.32 Å². The van der Waals surface area contributed by atoms with Crippen molar-refractivity contribution in [2.24, 2.45) is 0 Å². The molecule has 0 saturated heterocycles. The fraction of sp³-hybridized carbons (Fsp3) is 0.778. The van der Waals surface area contributed by atoms with Gasteiger partial charge in [0.2, 0.25) is 5.91 Å². The molecule has 1 atom stereocenters. The summed E-state index contributed by atoms with van der Waals surface area (Å²) in [6.45, 7) is 1.53. The van der Waals surface area contributed by atoms with Crippen LogP contribution in [0, 0.1) is 0 Å². The predicted molar refractivity (Wildman–Crippen MR) is 50.6 cm³/mol. The normalized spacial score (nSPS) is 11.9. The van der Waals surface area contributed by atoms with Gasteiger partial charge in [0.15, 0.2) is 6.04 Å². The third-order valence-electron chi connectivity index (χ3n) is 1.76. The molecule has 0 aromatic rings. The SMILES string of the molecule is CCCCC(=O)NC(CO)C(=O)OC. The molecular weight excluding hydrogens is 186 g/mol. The molecule has 0 aliphatic carbocycles. The first-order chi connectivity index (χ1) is 6.65. The summed E-state index contributed by atoms with van der Waals surface area (Å²) in [5.74, 6) is -0.867. The Balaban J connectivity index is 3.92. The van der Waals surface area contributed by atoms with Gasteiger partial charge in [0.1, 0.15) is 0 Å². The molecule has 1 amide bonds. The summed E-state index contributed by atoms with van der Waals surface area (Å²) < 4.78 is 4.39. The number of nitrogens with one attached hydrogen (secondary N) is 1. The molecule has 5 heteroatoms. The molecular formula is C9H17NO4. The monoisotopic (exact) mass is 203 g/mol. The van der Waals surface area contributed by atoms with E-state index in [2.05, 4.69) is 10.1 Å². The third kappa shape index (κ3) is 4.81. The van der Waals surface area contributed by atoms with E-state index in [0.29, 0.717) is 6.42 Å². The number of methoxy groups -OCH3 is 1. The van der Waals surface area contributed by atoms with Crippen molar-refractivity contribution >= 4 is 11.9 Å². The lowest BCUT2D eigenvalue weighted by atomic mass is 10.2. The second kappa shape index (κ2) is 7.32. The van der Waals surface area contributed by atoms with Gasteiger partial charge in [0, 0.05) is 6.42 Å². The first kappa shape index (κ1) is 12.9. The van der Waals surface area contributed by atoms with Crippen molar-refractivity contribution in [3.05, 3.63) is 0 Å². The maximum Gasteiger partial charge on any atom is 0.330 e. The Morgan fingerprint density at radius 3 is 2.57 bits per heavy atom. The molecule has 0 spiro atoms. The summed E-state index contributed by atoms with van der Waals surface area (Å²) in [5.41, 5.74) is 0. The van der Waals surface area contributed by atoms with Crippen LogP contribution in [0.15, 0.2) is 0 Å². The van der Waals surface area contributed by atoms with Crippen molar-refractivity contribution in [2.75, 3.05) is 13.7 Å². The van der Waals surface area contributed by atoms with Gasteiger partial charge >= 0.3 is 5.97 Å². The molecule has 14 heavy (non-hydrogen) atoms. The van der Waals surface area contributed by atoms with E-state index in [1.165, 1.54) is 7.11 Å². The van der Waals surface area contributed by atoms with Crippen molar-refractivity contribution in [2.45, 2.75) is 32.2 Å². The zero-order chi connectivity index (χ0) is 11.0. The van der Waals surface area contributed by atoms with Gasteiger partial charge in [-0.2, -0.15) is 0 Å². The molecule has 0 rings (SSSR count). The van der Waals surface area contributed by atoms with E-state index in [9.17, 15) is 9.59 Å². The second-order valence-electron chi connectivity index (χ2n) is 2.93. The first-order valence-corrected chi connectivity index (χ1v) is 4.63. The number of hydrogen-bond donors (Lipinski definition) is 2. The highest BCUT2D eigenvalue weighted by Gasteiger charge is 2.19. The maximum absolute atomic E-state index is 11.2. The van der Waals surface area contributed by atoms with Gasteiger partial charge in [0.25, 0.3) is 0 Å². The topological polar surface area (TPSA) is 75.6 Å². The molecule has 0 bridgehead atoms. The molecule has 0 radical (unpaired) electrons. The quantitative estimate of drug-likeness (QED) is 0.587. The van der Waals surface area contributed by atoms with E-state index >= 15 is 0 Å². The molecule has 0 aromatic carbocycles. The van der Waals surface area contributed by atoms with Crippen LogP contribution in [0.3, 0.4) is 0 Å². The molecule has 0 aromatic heterocycles. The van der Waals surface area contributed by atoms with Gasteiger partial charge < -0.3 is 15.2 Å². The summed E-state index contributed by atoms with van der Waals surface area (Å²) in [6.07, 6.45) is 2.05. The van der Waals surface area contributed by atoms with Crippen molar-refractivity contribution in [1.82, 2.24) is 5.32 Å². The highest BCUT2D eigenvalue weighted by Crippen LogP contribution is 1.95. The zero-order valence-electron chi connectivity index (χ0n) is 8.58. The number of carbonyl (C=O) groups excluding carboxylic acids is 2. The van der Waals surface area contributed by atoms with Crippen LogP contribution in [-0.2, 0) is 14.3 Å². The predicted octanol–water partition coefficient (Wildman–Crippen LogP) is -0.173. The molecule has 1 unspecified atom stereocenters. The largest absolute Gasteiger partial charge is 0.467 e. The van der Waals surface area contributed by atoms with Gasteiger partial charge in [-0.15, -0.1) is 0 Å². The van der Waals surface area contributed by atoms with Crippen LogP contribution in [0.1, 0.15) is 26.2 Å². The third-order valence-corrected chi connectivity index (χ3v) is 1.76. The number of aliphatic hydroxyl groups is 1. The lowest BCUT2D eigenvalue weighted by Gasteiger charge is -2.13. The minimum absolute atomic E-state index is 0.240. The molecule has 0 fully saturated rings. The number of unbranched alkanes of at least 4 members (excludes halogenated alkanes) is 1. The van der Waals surface area contributed by atoms with Gasteiger partial charge in [-0.25, -0.2) is 4.79 Å². The number of esters is 1. The highest BCUT2D eigenvalue weighted by atomic mass is 16.5. The van der Waals surface area contributed by atoms with E-state index in [4.69, 9.17) is 5.11 Å². The van der Waals surface area contributed by atoms with Gasteiger partial charge in [-0.05, 0) is 6.42 Å². The van der Waals surface area contributed by atoms with Crippen LogP contribution in [-0.4, -0.2) is 36.7 Å². The molecule has 0 heterocycles. The Labute approximate surface area is 83.4 Å². The van der Waals surface area contributed by atoms with E-state index < -0.39 is 18.6 Å². The first-order valence-electron chi connectivity index (χ1n) is 4.63. The minimum atomic E-state index is -0.940. The summed E-state index contributed by atoms with van der Waals surface area (Å²) in [5, 5.41) is 11.2. The second-order valence-corrected chi connectivity index (χ2v) is 2.93. The standard InChI is InChI=1S/C9H17NO4/c1-3-4-5-8(12)10-7(6-11)9(13)14-2/h7,11H,3-6H2,1-2H3,(H,10,12). The lowest BCUT2D eigenvalue weighted by molar-refractivity contribution is -0.146. The number of hydrogen-bond acceptors (Lipinski definition) is 4. The Kier molecular flexibility index (Phi) is 6.74. The molecule has 0 saturated carbocycles. The molecule has 0 aliphatic rings. The minimum Gasteiger partial charge on any atom is -0.467 e. The number of ether oxygens (including phenoxy) is 1. The van der Waals surface area contributed by atoms with Crippen molar-refractivity contribution in [1.29, 1.82) is 0 Å². The average Bonchev–Trinajstić information content (AvgIpc) is 2.21. The molecule has 82 valence electrons. The summed E-state index contributed by atoms with van der Waals surface area (Å²) in [7, 11) is 1.21. The van der Waals surface area contributed by atoms with Gasteiger partial charge in [0.05, 0.1) is 13.7 Å². The summed E-state index contributed by atoms with van der Waals surface area (Å²) in [6, 6.07) is -0.940. The number of amides is 1. The van der Waals surface area contributed by atoms with Crippen molar-refractivity contribution < 1.29 is 19.4 Å². The molecule has 5 nitrogen and oxygen atoms in total. The van der Waals surface area contributed by atoms with Gasteiger partial charge in [-0.1, -0.05) is 13.3 Å². The average molecular weight is 203 g/mol. The Hall–Kier alpha value is -1.10. The summed E-state index contributed by atoms with van der Waals surface area (Å²) >= 11 is 0. The number of carbonyl (C=O) groups is 2. The van der Waals surface area contributed by atoms with E-state index in [-0.39, 0.29) is 5.91 Å². The highest BCUT2D eigenvalue weighted by molar-refractivity contribution is 5.84. The zero-order valence-corrected chi connectivity index (χ0v) is 8.58. The number of aliphatic hydroxyl groups excluding tert-OH is 1. The van der Waals surface area contributed by atoms with Crippen molar-refractivity contribution in [3.8, 4) is 0 Å². The van der Waals surface area contributed by atoms with Crippen LogP contribution >= 0.6 is 0 Å². The maximum atomic E-state index is 11.2. The van der Waals surface area contributed by atoms with E-state index in [1.54, 1.807) is 0 Å². The Bertz CT molecular complexity index is 193. The van der Waals surface area contributed by atoms with Crippen LogP contribution in [0.4, 0.5) is 0 Å². The van der Waals surface area contributed by atoms with E-state index in [1.807, 2.05) is 6.92 Å². The Morgan fingerprint density at radius 2 is 2.14 bits per heavy atom. The number of rotatable bonds is 6. The molecule has 2 N–H and O–H groups in total. The smallest absolute Gasteiger partial charge is 0.330 e. The lowest BCUT2D eigenvalue weighted by Crippen LogP contribution is -2.43. The Morgan fingerprint density at radius 1 is 1.50 bits per heavy atom. The van der Waals surface area contributed by atoms with Crippen molar-refractivity contribution in [3.63, 3.8) is 0 Å². The van der Waals surface area contributed by atoms with Gasteiger partial charge in [-0.3, -0.25) is 4.79 Å².